The molecule has 218 valence electrons. The molecule has 9 nitrogen and oxygen atoms in total. The number of aliphatic hydroxyl groups is 1. The number of anilines is 1. The van der Waals surface area contributed by atoms with Gasteiger partial charge in [0, 0.05) is 42.0 Å². The van der Waals surface area contributed by atoms with Gasteiger partial charge in [0.2, 0.25) is 0 Å². The number of alkyl halides is 4. The molecule has 0 fully saturated rings. The van der Waals surface area contributed by atoms with Gasteiger partial charge in [-0.25, -0.2) is 28.2 Å². The Kier molecular flexibility index (Phi) is 7.94. The van der Waals surface area contributed by atoms with E-state index in [-0.39, 0.29) is 22.2 Å². The van der Waals surface area contributed by atoms with E-state index in [1.54, 1.807) is 5.10 Å². The van der Waals surface area contributed by atoms with Gasteiger partial charge in [-0.2, -0.15) is 18.3 Å². The molecule has 0 radical (unpaired) electrons. The Bertz CT molecular complexity index is 1700. The summed E-state index contributed by atoms with van der Waals surface area (Å²) in [6.45, 7) is 3.69. The van der Waals surface area contributed by atoms with Crippen LogP contribution in [0.15, 0.2) is 46.5 Å². The number of rotatable bonds is 8. The van der Waals surface area contributed by atoms with E-state index in [2.05, 4.69) is 20.4 Å². The average Bonchev–Trinajstić information content (AvgIpc) is 2.85. The summed E-state index contributed by atoms with van der Waals surface area (Å²) in [5.74, 6) is -2.02. The molecule has 0 unspecified atom stereocenters. The van der Waals surface area contributed by atoms with Gasteiger partial charge in [0.25, 0.3) is 11.1 Å². The normalized spacial score (nSPS) is 13.8. The topological polar surface area (TPSA) is 126 Å². The van der Waals surface area contributed by atoms with E-state index in [1.165, 1.54) is 33.2 Å². The van der Waals surface area contributed by atoms with Gasteiger partial charge in [0.1, 0.15) is 23.4 Å². The standard InChI is InChI=1S/C26H24F6N6O3/c1-12(36-20-9-35-37-23(39)21(20)26(30,31)32)4-14(27)10-38-11-19(29)15-5-17(18(28)6-16(15)24(38)40)22-33-7-13(8-34-22)25(2,3)41/h5-9,11-12,14,41H,4,10H2,1-3H3,(H2,36,37,39)/t12-,14+/m0/s1. The summed E-state index contributed by atoms with van der Waals surface area (Å²) in [6.07, 6.45) is -3.21. The van der Waals surface area contributed by atoms with Crippen molar-refractivity contribution < 1.29 is 31.4 Å². The number of hydrogen-bond donors (Lipinski definition) is 3. The number of halogens is 6. The van der Waals surface area contributed by atoms with E-state index in [9.17, 15) is 36.6 Å². The lowest BCUT2D eigenvalue weighted by molar-refractivity contribution is -0.138. The van der Waals surface area contributed by atoms with Crippen LogP contribution in [0.2, 0.25) is 0 Å². The highest BCUT2D eigenvalue weighted by atomic mass is 19.4. The van der Waals surface area contributed by atoms with Crippen LogP contribution in [-0.2, 0) is 18.3 Å². The van der Waals surface area contributed by atoms with Crippen molar-refractivity contribution in [2.45, 2.75) is 57.7 Å². The highest BCUT2D eigenvalue weighted by molar-refractivity contribution is 5.86. The molecule has 4 aromatic rings. The number of benzene rings is 1. The third-order valence-corrected chi connectivity index (χ3v) is 6.27. The third-order valence-electron chi connectivity index (χ3n) is 6.27. The smallest absolute Gasteiger partial charge is 0.386 e. The van der Waals surface area contributed by atoms with E-state index in [4.69, 9.17) is 0 Å². The maximum Gasteiger partial charge on any atom is 0.423 e. The quantitative estimate of drug-likeness (QED) is 0.265. The van der Waals surface area contributed by atoms with Crippen molar-refractivity contribution in [3.05, 3.63) is 80.4 Å². The molecular weight excluding hydrogens is 558 g/mol. The molecule has 15 heteroatoms. The zero-order valence-corrected chi connectivity index (χ0v) is 21.9. The van der Waals surface area contributed by atoms with Gasteiger partial charge in [-0.05, 0) is 32.9 Å². The zero-order chi connectivity index (χ0) is 30.3. The van der Waals surface area contributed by atoms with Crippen LogP contribution in [0.1, 0.15) is 38.3 Å². The first kappa shape index (κ1) is 29.7. The van der Waals surface area contributed by atoms with Gasteiger partial charge in [-0.3, -0.25) is 9.59 Å². The Balaban J connectivity index is 1.56. The summed E-state index contributed by atoms with van der Waals surface area (Å²) in [4.78, 5) is 32.6. The molecule has 41 heavy (non-hydrogen) atoms. The van der Waals surface area contributed by atoms with Gasteiger partial charge >= 0.3 is 6.18 Å². The van der Waals surface area contributed by atoms with Gasteiger partial charge in [-0.15, -0.1) is 0 Å². The number of pyridine rings is 1. The lowest BCUT2D eigenvalue weighted by Crippen LogP contribution is -2.30. The lowest BCUT2D eigenvalue weighted by Gasteiger charge is -2.20. The van der Waals surface area contributed by atoms with Crippen molar-refractivity contribution in [2.24, 2.45) is 0 Å². The minimum Gasteiger partial charge on any atom is -0.386 e. The molecule has 3 heterocycles. The Morgan fingerprint density at radius 2 is 1.71 bits per heavy atom. The maximum atomic E-state index is 15.0. The number of nitrogens with zero attached hydrogens (tertiary/aromatic N) is 4. The van der Waals surface area contributed by atoms with Crippen molar-refractivity contribution in [3.8, 4) is 11.4 Å². The molecule has 3 N–H and O–H groups in total. The molecule has 0 amide bonds. The van der Waals surface area contributed by atoms with E-state index < -0.39 is 71.0 Å². The monoisotopic (exact) mass is 582 g/mol. The molecule has 0 saturated heterocycles. The Morgan fingerprint density at radius 3 is 2.32 bits per heavy atom. The second kappa shape index (κ2) is 11.0. The molecule has 0 aliphatic carbocycles. The van der Waals surface area contributed by atoms with Gasteiger partial charge in [0.15, 0.2) is 5.82 Å². The number of nitrogens with one attached hydrogen (secondary N) is 2. The van der Waals surface area contributed by atoms with Crippen molar-refractivity contribution in [2.75, 3.05) is 5.32 Å². The fourth-order valence-corrected chi connectivity index (χ4v) is 4.24. The SMILES string of the molecule is C[C@@H](C[C@@H](F)Cn1cc(F)c2cc(-c3ncc(C(C)(C)O)cn3)c(F)cc2c1=O)Nc1cn[nH]c(=O)c1C(F)(F)F. The fourth-order valence-electron chi connectivity index (χ4n) is 4.24. The Morgan fingerprint density at radius 1 is 1.05 bits per heavy atom. The van der Waals surface area contributed by atoms with Crippen LogP contribution < -0.4 is 16.4 Å². The van der Waals surface area contributed by atoms with Crippen LogP contribution in [0.4, 0.5) is 32.0 Å². The van der Waals surface area contributed by atoms with E-state index in [0.717, 1.165) is 24.5 Å². The molecule has 0 bridgehead atoms. The second-order valence-corrected chi connectivity index (χ2v) is 10.0. The van der Waals surface area contributed by atoms with E-state index >= 15 is 4.39 Å². The van der Waals surface area contributed by atoms with Crippen LogP contribution in [0.3, 0.4) is 0 Å². The maximum absolute atomic E-state index is 15.0. The van der Waals surface area contributed by atoms with Crippen LogP contribution in [0.25, 0.3) is 22.2 Å². The highest BCUT2D eigenvalue weighted by Crippen LogP contribution is 2.32. The summed E-state index contributed by atoms with van der Waals surface area (Å²) >= 11 is 0. The number of hydrogen-bond acceptors (Lipinski definition) is 7. The summed E-state index contributed by atoms with van der Waals surface area (Å²) in [5, 5.41) is 16.8. The molecule has 2 atom stereocenters. The van der Waals surface area contributed by atoms with Gasteiger partial charge in [-0.1, -0.05) is 0 Å². The molecule has 0 saturated carbocycles. The second-order valence-electron chi connectivity index (χ2n) is 10.0. The first-order chi connectivity index (χ1) is 19.1. The predicted octanol–water partition coefficient (Wildman–Crippen LogP) is 4.30. The van der Waals surface area contributed by atoms with Crippen molar-refractivity contribution in [3.63, 3.8) is 0 Å². The molecular formula is C26H24F6N6O3. The van der Waals surface area contributed by atoms with Crippen molar-refractivity contribution in [1.82, 2.24) is 24.7 Å². The van der Waals surface area contributed by atoms with Gasteiger partial charge in [0.05, 0.1) is 35.0 Å². The van der Waals surface area contributed by atoms with Gasteiger partial charge < -0.3 is 15.0 Å². The van der Waals surface area contributed by atoms with Crippen molar-refractivity contribution >= 4 is 16.5 Å². The number of aromatic nitrogens is 5. The zero-order valence-electron chi connectivity index (χ0n) is 21.9. The van der Waals surface area contributed by atoms with E-state index in [1.807, 2.05) is 0 Å². The molecule has 0 aliphatic heterocycles. The van der Waals surface area contributed by atoms with E-state index in [0.29, 0.717) is 10.1 Å². The summed E-state index contributed by atoms with van der Waals surface area (Å²) in [5.41, 5.74) is -5.64. The minimum absolute atomic E-state index is 0.115. The number of aromatic amines is 1. The first-order valence-corrected chi connectivity index (χ1v) is 12.2. The van der Waals surface area contributed by atoms with Crippen LogP contribution in [0.5, 0.6) is 0 Å². The number of fused-ring (bicyclic) bond motifs is 1. The highest BCUT2D eigenvalue weighted by Gasteiger charge is 2.37. The average molecular weight is 583 g/mol. The molecule has 0 aliphatic rings. The first-order valence-electron chi connectivity index (χ1n) is 12.2. The van der Waals surface area contributed by atoms with Crippen LogP contribution in [-0.4, -0.2) is 42.1 Å². The summed E-state index contributed by atoms with van der Waals surface area (Å²) in [6, 6.07) is 0.881. The molecule has 3 aromatic heterocycles. The fraction of sp³-hybridized carbons (Fsp3) is 0.346. The largest absolute Gasteiger partial charge is 0.423 e. The third kappa shape index (κ3) is 6.39. The molecule has 0 spiro atoms. The predicted molar refractivity (Wildman–Crippen MR) is 137 cm³/mol. The summed E-state index contributed by atoms with van der Waals surface area (Å²) in [7, 11) is 0. The lowest BCUT2D eigenvalue weighted by atomic mass is 10.0. The number of H-pyrrole nitrogens is 1. The van der Waals surface area contributed by atoms with Crippen LogP contribution >= 0.6 is 0 Å². The van der Waals surface area contributed by atoms with Crippen molar-refractivity contribution in [1.29, 1.82) is 0 Å². The Hall–Kier alpha value is -4.27. The summed E-state index contributed by atoms with van der Waals surface area (Å²) < 4.78 is 85.4. The minimum atomic E-state index is -5.00. The van der Waals surface area contributed by atoms with Crippen LogP contribution in [0, 0.1) is 11.6 Å². The molecule has 4 rings (SSSR count). The molecule has 1 aromatic carbocycles. The Labute approximate surface area is 227 Å².